The predicted molar refractivity (Wildman–Crippen MR) is 97.8 cm³/mol. The number of carbonyl (C=O) groups is 1. The first kappa shape index (κ1) is 16.9. The highest BCUT2D eigenvalue weighted by molar-refractivity contribution is 5.78. The predicted octanol–water partition coefficient (Wildman–Crippen LogP) is 3.14. The van der Waals surface area contributed by atoms with Crippen molar-refractivity contribution in [3.63, 3.8) is 0 Å². The molecule has 0 unspecified atom stereocenters. The Morgan fingerprint density at radius 3 is 2.36 bits per heavy atom. The molecule has 0 spiro atoms. The van der Waals surface area contributed by atoms with Crippen molar-refractivity contribution in [2.75, 3.05) is 6.54 Å². The lowest BCUT2D eigenvalue weighted by Crippen LogP contribution is -2.29. The van der Waals surface area contributed by atoms with E-state index in [-0.39, 0.29) is 18.9 Å². The number of hydrogen-bond acceptors (Lipinski definition) is 3. The molecule has 1 amide bonds. The van der Waals surface area contributed by atoms with E-state index in [4.69, 9.17) is 0 Å². The summed E-state index contributed by atoms with van der Waals surface area (Å²) >= 11 is 0. The number of nitrogens with one attached hydrogen (secondary N) is 1. The van der Waals surface area contributed by atoms with E-state index < -0.39 is 6.10 Å². The van der Waals surface area contributed by atoms with Gasteiger partial charge in [-0.15, -0.1) is 0 Å². The van der Waals surface area contributed by atoms with Gasteiger partial charge in [-0.2, -0.15) is 0 Å². The van der Waals surface area contributed by atoms with Gasteiger partial charge in [0.25, 0.3) is 0 Å². The van der Waals surface area contributed by atoms with Gasteiger partial charge in [-0.3, -0.25) is 9.78 Å². The van der Waals surface area contributed by atoms with Crippen molar-refractivity contribution in [2.45, 2.75) is 12.5 Å². The summed E-state index contributed by atoms with van der Waals surface area (Å²) in [4.78, 5) is 15.9. The zero-order valence-corrected chi connectivity index (χ0v) is 13.8. The van der Waals surface area contributed by atoms with Crippen molar-refractivity contribution in [3.8, 4) is 11.1 Å². The quantitative estimate of drug-likeness (QED) is 0.729. The van der Waals surface area contributed by atoms with Gasteiger partial charge in [0, 0.05) is 18.9 Å². The molecule has 0 radical (unpaired) electrons. The number of aliphatic hydroxyl groups is 1. The first-order chi connectivity index (χ1) is 12.2. The minimum absolute atomic E-state index is 0.132. The van der Waals surface area contributed by atoms with Gasteiger partial charge in [-0.25, -0.2) is 0 Å². The molecule has 0 aliphatic carbocycles. The second-order valence-electron chi connectivity index (χ2n) is 5.85. The normalized spacial score (nSPS) is 11.7. The highest BCUT2D eigenvalue weighted by Gasteiger charge is 2.10. The van der Waals surface area contributed by atoms with Crippen molar-refractivity contribution in [3.05, 3.63) is 90.3 Å². The Morgan fingerprint density at radius 1 is 0.960 bits per heavy atom. The van der Waals surface area contributed by atoms with Gasteiger partial charge < -0.3 is 10.4 Å². The molecule has 2 N–H and O–H groups in total. The van der Waals surface area contributed by atoms with Gasteiger partial charge in [0.15, 0.2) is 0 Å². The number of amides is 1. The van der Waals surface area contributed by atoms with E-state index in [2.05, 4.69) is 10.3 Å². The molecular formula is C21H20N2O2. The molecule has 0 saturated carbocycles. The summed E-state index contributed by atoms with van der Waals surface area (Å²) < 4.78 is 0. The topological polar surface area (TPSA) is 62.2 Å². The average molecular weight is 332 g/mol. The van der Waals surface area contributed by atoms with Crippen LogP contribution in [-0.4, -0.2) is 22.5 Å². The van der Waals surface area contributed by atoms with Gasteiger partial charge in [-0.05, 0) is 28.3 Å². The van der Waals surface area contributed by atoms with Crippen LogP contribution in [0.3, 0.4) is 0 Å². The summed E-state index contributed by atoms with van der Waals surface area (Å²) in [5, 5.41) is 13.0. The number of benzene rings is 2. The fourth-order valence-electron chi connectivity index (χ4n) is 2.61. The molecule has 4 heteroatoms. The largest absolute Gasteiger partial charge is 0.387 e. The molecule has 0 aliphatic rings. The molecule has 0 fully saturated rings. The van der Waals surface area contributed by atoms with E-state index in [1.807, 2.05) is 60.7 Å². The van der Waals surface area contributed by atoms with E-state index in [1.54, 1.807) is 18.5 Å². The van der Waals surface area contributed by atoms with Crippen LogP contribution in [0.15, 0.2) is 79.1 Å². The van der Waals surface area contributed by atoms with Crippen LogP contribution in [0.2, 0.25) is 0 Å². The maximum absolute atomic E-state index is 11.9. The lowest BCUT2D eigenvalue weighted by Gasteiger charge is -2.13. The van der Waals surface area contributed by atoms with E-state index >= 15 is 0 Å². The SMILES string of the molecule is O=C(Cc1cccnc1)NC[C@H](O)c1ccc(-c2ccccc2)cc1. The van der Waals surface area contributed by atoms with Crippen molar-refractivity contribution in [2.24, 2.45) is 0 Å². The number of aliphatic hydroxyl groups excluding tert-OH is 1. The van der Waals surface area contributed by atoms with Crippen LogP contribution >= 0.6 is 0 Å². The fourth-order valence-corrected chi connectivity index (χ4v) is 2.61. The van der Waals surface area contributed by atoms with Crippen molar-refractivity contribution in [1.82, 2.24) is 10.3 Å². The van der Waals surface area contributed by atoms with Crippen molar-refractivity contribution >= 4 is 5.91 Å². The van der Waals surface area contributed by atoms with E-state index in [9.17, 15) is 9.90 Å². The van der Waals surface area contributed by atoms with Gasteiger partial charge in [0.1, 0.15) is 0 Å². The number of nitrogens with zero attached hydrogens (tertiary/aromatic N) is 1. The smallest absolute Gasteiger partial charge is 0.224 e. The molecule has 0 saturated heterocycles. The van der Waals surface area contributed by atoms with E-state index in [1.165, 1.54) is 0 Å². The Bertz CT molecular complexity index is 802. The molecule has 3 rings (SSSR count). The highest BCUT2D eigenvalue weighted by Crippen LogP contribution is 2.21. The maximum Gasteiger partial charge on any atom is 0.224 e. The second-order valence-corrected chi connectivity index (χ2v) is 5.85. The standard InChI is InChI=1S/C21H20N2O2/c24-20(15-23-21(25)13-16-5-4-12-22-14-16)19-10-8-18(9-11-19)17-6-2-1-3-7-17/h1-12,14,20,24H,13,15H2,(H,23,25)/t20-/m0/s1. The lowest BCUT2D eigenvalue weighted by atomic mass is 10.0. The van der Waals surface area contributed by atoms with Gasteiger partial charge in [-0.1, -0.05) is 60.7 Å². The maximum atomic E-state index is 11.9. The minimum atomic E-state index is -0.734. The molecule has 1 aromatic heterocycles. The van der Waals surface area contributed by atoms with Crippen LogP contribution in [0.25, 0.3) is 11.1 Å². The third-order valence-corrected chi connectivity index (χ3v) is 3.98. The number of hydrogen-bond donors (Lipinski definition) is 2. The number of pyridine rings is 1. The van der Waals surface area contributed by atoms with Crippen LogP contribution in [-0.2, 0) is 11.2 Å². The number of aromatic nitrogens is 1. The van der Waals surface area contributed by atoms with Gasteiger partial charge in [0.2, 0.25) is 5.91 Å². The molecule has 0 bridgehead atoms. The average Bonchev–Trinajstić information content (AvgIpc) is 2.68. The number of rotatable bonds is 6. The Hall–Kier alpha value is -2.98. The van der Waals surface area contributed by atoms with E-state index in [0.717, 1.165) is 22.3 Å². The van der Waals surface area contributed by atoms with Crippen LogP contribution in [0.4, 0.5) is 0 Å². The van der Waals surface area contributed by atoms with Crippen LogP contribution < -0.4 is 5.32 Å². The second kappa shape index (κ2) is 8.22. The number of carbonyl (C=O) groups excluding carboxylic acids is 1. The Morgan fingerprint density at radius 2 is 1.68 bits per heavy atom. The van der Waals surface area contributed by atoms with Gasteiger partial charge >= 0.3 is 0 Å². The molecule has 0 aliphatic heterocycles. The monoisotopic (exact) mass is 332 g/mol. The van der Waals surface area contributed by atoms with Crippen LogP contribution in [0, 0.1) is 0 Å². The first-order valence-corrected chi connectivity index (χ1v) is 8.21. The summed E-state index contributed by atoms with van der Waals surface area (Å²) in [6.45, 7) is 0.184. The fraction of sp³-hybridized carbons (Fsp3) is 0.143. The molecule has 3 aromatic rings. The Labute approximate surface area is 147 Å². The molecule has 1 heterocycles. The van der Waals surface area contributed by atoms with Crippen molar-refractivity contribution in [1.29, 1.82) is 0 Å². The Balaban J connectivity index is 1.54. The summed E-state index contributed by atoms with van der Waals surface area (Å²) in [5.74, 6) is -0.132. The van der Waals surface area contributed by atoms with E-state index in [0.29, 0.717) is 0 Å². The van der Waals surface area contributed by atoms with Crippen LogP contribution in [0.5, 0.6) is 0 Å². The highest BCUT2D eigenvalue weighted by atomic mass is 16.3. The zero-order chi connectivity index (χ0) is 17.5. The Kier molecular flexibility index (Phi) is 5.54. The molecule has 2 aromatic carbocycles. The molecule has 25 heavy (non-hydrogen) atoms. The zero-order valence-electron chi connectivity index (χ0n) is 13.8. The molecular weight excluding hydrogens is 312 g/mol. The van der Waals surface area contributed by atoms with Crippen molar-refractivity contribution < 1.29 is 9.90 Å². The van der Waals surface area contributed by atoms with Gasteiger partial charge in [0.05, 0.1) is 12.5 Å². The summed E-state index contributed by atoms with van der Waals surface area (Å²) in [7, 11) is 0. The minimum Gasteiger partial charge on any atom is -0.387 e. The lowest BCUT2D eigenvalue weighted by molar-refractivity contribution is -0.120. The van der Waals surface area contributed by atoms with Crippen LogP contribution in [0.1, 0.15) is 17.2 Å². The summed E-state index contributed by atoms with van der Waals surface area (Å²) in [6, 6.07) is 21.4. The first-order valence-electron chi connectivity index (χ1n) is 8.21. The molecule has 4 nitrogen and oxygen atoms in total. The third kappa shape index (κ3) is 4.75. The summed E-state index contributed by atoms with van der Waals surface area (Å²) in [6.07, 6.45) is 2.86. The third-order valence-electron chi connectivity index (χ3n) is 3.98. The summed E-state index contributed by atoms with van der Waals surface area (Å²) in [5.41, 5.74) is 3.86. The molecule has 126 valence electrons. The molecule has 1 atom stereocenters.